The van der Waals surface area contributed by atoms with Crippen LogP contribution in [0.25, 0.3) is 0 Å². The Balaban J connectivity index is 1.89. The lowest BCUT2D eigenvalue weighted by molar-refractivity contribution is -0.147. The molecule has 1 aliphatic carbocycles. The molecule has 0 saturated heterocycles. The van der Waals surface area contributed by atoms with Crippen LogP contribution < -0.4 is 0 Å². The van der Waals surface area contributed by atoms with Crippen LogP contribution in [0.4, 0.5) is 0 Å². The number of carbonyl (C=O) groups is 1. The number of unbranched alkanes of at least 4 members (excludes halogenated alkanes) is 9. The van der Waals surface area contributed by atoms with Gasteiger partial charge in [-0.15, -0.1) is 0 Å². The van der Waals surface area contributed by atoms with Crippen molar-refractivity contribution < 1.29 is 9.53 Å². The molecule has 1 atom stereocenters. The van der Waals surface area contributed by atoms with Crippen molar-refractivity contribution in [3.05, 3.63) is 6.42 Å². The number of ether oxygens (including phenoxy) is 1. The van der Waals surface area contributed by atoms with E-state index in [1.165, 1.54) is 83.5 Å². The number of carbonyl (C=O) groups excluding carboxylic acids is 1. The van der Waals surface area contributed by atoms with Gasteiger partial charge < -0.3 is 4.74 Å². The second-order valence-electron chi connectivity index (χ2n) is 7.36. The van der Waals surface area contributed by atoms with Gasteiger partial charge in [-0.25, -0.2) is 0 Å². The first-order valence-corrected chi connectivity index (χ1v) is 10.3. The van der Waals surface area contributed by atoms with Crippen molar-refractivity contribution in [3.63, 3.8) is 0 Å². The molecule has 135 valence electrons. The second-order valence-corrected chi connectivity index (χ2v) is 7.36. The zero-order chi connectivity index (χ0) is 16.8. The van der Waals surface area contributed by atoms with Crippen LogP contribution in [0.5, 0.6) is 0 Å². The van der Waals surface area contributed by atoms with E-state index in [4.69, 9.17) is 4.74 Å². The average molecular weight is 324 g/mol. The first-order valence-electron chi connectivity index (χ1n) is 10.3. The topological polar surface area (TPSA) is 26.3 Å². The van der Waals surface area contributed by atoms with Gasteiger partial charge >= 0.3 is 5.97 Å². The highest BCUT2D eigenvalue weighted by molar-refractivity contribution is 5.78. The van der Waals surface area contributed by atoms with Crippen molar-refractivity contribution in [2.45, 2.75) is 116 Å². The Morgan fingerprint density at radius 3 is 2.13 bits per heavy atom. The fourth-order valence-electron chi connectivity index (χ4n) is 3.61. The molecule has 0 aromatic rings. The monoisotopic (exact) mass is 323 g/mol. The fourth-order valence-corrected chi connectivity index (χ4v) is 3.61. The van der Waals surface area contributed by atoms with Gasteiger partial charge in [0.25, 0.3) is 0 Å². The molecule has 1 rings (SSSR count). The Kier molecular flexibility index (Phi) is 12.4. The van der Waals surface area contributed by atoms with Crippen molar-refractivity contribution in [2.24, 2.45) is 5.92 Å². The molecule has 0 amide bonds. The number of esters is 1. The van der Waals surface area contributed by atoms with Crippen LogP contribution in [0, 0.1) is 12.3 Å². The summed E-state index contributed by atoms with van der Waals surface area (Å²) in [5.41, 5.74) is 0. The lowest BCUT2D eigenvalue weighted by Crippen LogP contribution is -2.26. The summed E-state index contributed by atoms with van der Waals surface area (Å²) in [5, 5.41) is 0. The zero-order valence-electron chi connectivity index (χ0n) is 15.7. The smallest absolute Gasteiger partial charge is 0.310 e. The maximum Gasteiger partial charge on any atom is 0.310 e. The van der Waals surface area contributed by atoms with E-state index in [1.54, 1.807) is 6.42 Å². The summed E-state index contributed by atoms with van der Waals surface area (Å²) in [5.74, 6) is 0.497. The quantitative estimate of drug-likeness (QED) is 0.281. The molecule has 0 aromatic carbocycles. The molecular formula is C21H39O2. The normalized spacial score (nSPS) is 17.1. The van der Waals surface area contributed by atoms with E-state index in [1.807, 2.05) is 0 Å². The molecule has 1 radical (unpaired) electrons. The number of rotatable bonds is 13. The molecule has 0 spiro atoms. The minimum Gasteiger partial charge on any atom is -0.462 e. The summed E-state index contributed by atoms with van der Waals surface area (Å²) >= 11 is 0. The highest BCUT2D eigenvalue weighted by Gasteiger charge is 2.22. The van der Waals surface area contributed by atoms with Crippen LogP contribution in [-0.4, -0.2) is 12.1 Å². The number of hydrogen-bond donors (Lipinski definition) is 0. The lowest BCUT2D eigenvalue weighted by atomic mass is 9.86. The predicted molar refractivity (Wildman–Crippen MR) is 98.3 cm³/mol. The minimum absolute atomic E-state index is 0.0948. The minimum atomic E-state index is -0.0948. The van der Waals surface area contributed by atoms with Crippen molar-refractivity contribution in [1.29, 1.82) is 0 Å². The Labute approximate surface area is 144 Å². The SMILES string of the molecule is CCCCCCCCCCC[CH]C(=O)OC(C)C1CCCCC1. The van der Waals surface area contributed by atoms with Crippen LogP contribution in [0.3, 0.4) is 0 Å². The Bertz CT molecular complexity index is 282. The third-order valence-corrected chi connectivity index (χ3v) is 5.23. The standard InChI is InChI=1S/C21H39O2/c1-3-4-5-6-7-8-9-10-11-15-18-21(22)23-19(2)20-16-13-12-14-17-20/h18-20H,3-17H2,1-2H3. The highest BCUT2D eigenvalue weighted by atomic mass is 16.5. The third kappa shape index (κ3) is 10.8. The Hall–Kier alpha value is -0.530. The lowest BCUT2D eigenvalue weighted by Gasteiger charge is -2.27. The predicted octanol–water partition coefficient (Wildman–Crippen LogP) is 6.62. The van der Waals surface area contributed by atoms with Gasteiger partial charge in [0.15, 0.2) is 0 Å². The van der Waals surface area contributed by atoms with E-state index in [-0.39, 0.29) is 12.1 Å². The van der Waals surface area contributed by atoms with Crippen molar-refractivity contribution in [2.75, 3.05) is 0 Å². The summed E-state index contributed by atoms with van der Waals surface area (Å²) < 4.78 is 5.58. The molecule has 0 heterocycles. The van der Waals surface area contributed by atoms with Crippen LogP contribution >= 0.6 is 0 Å². The molecule has 0 N–H and O–H groups in total. The molecule has 1 saturated carbocycles. The summed E-state index contributed by atoms with van der Waals surface area (Å²) in [4.78, 5) is 11.9. The summed E-state index contributed by atoms with van der Waals surface area (Å²) in [6, 6.07) is 0. The number of hydrogen-bond acceptors (Lipinski definition) is 2. The molecule has 2 nitrogen and oxygen atoms in total. The van der Waals surface area contributed by atoms with E-state index < -0.39 is 0 Å². The maximum atomic E-state index is 11.9. The zero-order valence-corrected chi connectivity index (χ0v) is 15.7. The van der Waals surface area contributed by atoms with Crippen molar-refractivity contribution in [3.8, 4) is 0 Å². The van der Waals surface area contributed by atoms with Gasteiger partial charge in [-0.1, -0.05) is 84.0 Å². The summed E-state index contributed by atoms with van der Waals surface area (Å²) in [7, 11) is 0. The van der Waals surface area contributed by atoms with E-state index in [0.717, 1.165) is 12.8 Å². The molecule has 0 aromatic heterocycles. The van der Waals surface area contributed by atoms with E-state index in [0.29, 0.717) is 5.92 Å². The first-order chi connectivity index (χ1) is 11.2. The van der Waals surface area contributed by atoms with Crippen LogP contribution in [0.2, 0.25) is 0 Å². The van der Waals surface area contributed by atoms with Gasteiger partial charge in [0.2, 0.25) is 0 Å². The fraction of sp³-hybridized carbons (Fsp3) is 0.905. The van der Waals surface area contributed by atoms with Crippen LogP contribution in [0.1, 0.15) is 110 Å². The average Bonchev–Trinajstić information content (AvgIpc) is 2.57. The maximum absolute atomic E-state index is 11.9. The molecule has 1 aliphatic rings. The van der Waals surface area contributed by atoms with Gasteiger partial charge in [0.05, 0.1) is 6.42 Å². The van der Waals surface area contributed by atoms with Gasteiger partial charge in [-0.3, -0.25) is 4.79 Å². The molecule has 2 heteroatoms. The molecule has 1 unspecified atom stereocenters. The van der Waals surface area contributed by atoms with Gasteiger partial charge in [-0.05, 0) is 32.1 Å². The van der Waals surface area contributed by atoms with Gasteiger partial charge in [0, 0.05) is 0 Å². The van der Waals surface area contributed by atoms with Gasteiger partial charge in [-0.2, -0.15) is 0 Å². The molecule has 23 heavy (non-hydrogen) atoms. The van der Waals surface area contributed by atoms with Crippen LogP contribution in [-0.2, 0) is 9.53 Å². The first kappa shape index (κ1) is 20.5. The third-order valence-electron chi connectivity index (χ3n) is 5.23. The Morgan fingerprint density at radius 2 is 1.52 bits per heavy atom. The largest absolute Gasteiger partial charge is 0.462 e. The van der Waals surface area contributed by atoms with Gasteiger partial charge in [0.1, 0.15) is 6.10 Å². The molecule has 0 bridgehead atoms. The second kappa shape index (κ2) is 13.9. The van der Waals surface area contributed by atoms with E-state index in [9.17, 15) is 4.79 Å². The van der Waals surface area contributed by atoms with E-state index >= 15 is 0 Å². The van der Waals surface area contributed by atoms with Crippen LogP contribution in [0.15, 0.2) is 0 Å². The van der Waals surface area contributed by atoms with Crippen molar-refractivity contribution >= 4 is 5.97 Å². The van der Waals surface area contributed by atoms with Crippen molar-refractivity contribution in [1.82, 2.24) is 0 Å². The van der Waals surface area contributed by atoms with E-state index in [2.05, 4.69) is 13.8 Å². The summed E-state index contributed by atoms with van der Waals surface area (Å²) in [6.07, 6.45) is 21.1. The summed E-state index contributed by atoms with van der Waals surface area (Å²) in [6.45, 7) is 4.33. The molecule has 1 fully saturated rings. The Morgan fingerprint density at radius 1 is 0.957 bits per heavy atom. The highest BCUT2D eigenvalue weighted by Crippen LogP contribution is 2.28. The molecule has 0 aliphatic heterocycles. The molecular weight excluding hydrogens is 284 g/mol.